The zero-order valence-electron chi connectivity index (χ0n) is 6.61. The second-order valence-electron chi connectivity index (χ2n) is 3.31. The third-order valence-electron chi connectivity index (χ3n) is 2.49. The highest BCUT2D eigenvalue weighted by molar-refractivity contribution is 7.89. The van der Waals surface area contributed by atoms with Crippen molar-refractivity contribution in [3.63, 3.8) is 0 Å². The second-order valence-corrected chi connectivity index (χ2v) is 5.00. The average molecular weight is 213 g/mol. The van der Waals surface area contributed by atoms with Crippen molar-refractivity contribution in [2.75, 3.05) is 13.2 Å². The Morgan fingerprint density at radius 2 is 1.85 bits per heavy atom. The Bertz CT molecular complexity index is 295. The molecule has 0 unspecified atom stereocenters. The van der Waals surface area contributed by atoms with Gasteiger partial charge in [-0.05, 0) is 0 Å². The number of alkyl halides is 2. The first-order chi connectivity index (χ1) is 6.02. The summed E-state index contributed by atoms with van der Waals surface area (Å²) in [5.41, 5.74) is 0. The summed E-state index contributed by atoms with van der Waals surface area (Å²) in [6, 6.07) is -0.326. The molecule has 1 saturated carbocycles. The minimum atomic E-state index is -4.42. The van der Waals surface area contributed by atoms with Gasteiger partial charge in [-0.2, -0.15) is 8.78 Å². The van der Waals surface area contributed by atoms with E-state index in [0.717, 1.165) is 0 Å². The molecule has 0 spiro atoms. The smallest absolute Gasteiger partial charge is 0.350 e. The molecule has 2 fully saturated rings. The molecule has 0 aromatic heterocycles. The SMILES string of the molecule is O=S(=O)(NC1[C@H]2COC[C@H]12)C(F)F. The van der Waals surface area contributed by atoms with E-state index >= 15 is 0 Å². The summed E-state index contributed by atoms with van der Waals surface area (Å²) in [7, 11) is -4.42. The lowest BCUT2D eigenvalue weighted by atomic mass is 10.4. The number of nitrogens with one attached hydrogen (secondary N) is 1. The van der Waals surface area contributed by atoms with Gasteiger partial charge in [0.15, 0.2) is 0 Å². The number of hydrogen-bond acceptors (Lipinski definition) is 3. The lowest BCUT2D eigenvalue weighted by Crippen LogP contribution is -2.34. The van der Waals surface area contributed by atoms with Crippen LogP contribution in [0.25, 0.3) is 0 Å². The Balaban J connectivity index is 1.94. The maximum absolute atomic E-state index is 11.9. The van der Waals surface area contributed by atoms with Gasteiger partial charge in [-0.3, -0.25) is 0 Å². The molecule has 2 aliphatic rings. The van der Waals surface area contributed by atoms with Crippen LogP contribution in [0.2, 0.25) is 0 Å². The Kier molecular flexibility index (Phi) is 2.04. The van der Waals surface area contributed by atoms with Gasteiger partial charge in [0, 0.05) is 17.9 Å². The molecule has 1 heterocycles. The monoisotopic (exact) mass is 213 g/mol. The average Bonchev–Trinajstić information content (AvgIpc) is 2.49. The number of rotatable bonds is 3. The Morgan fingerprint density at radius 3 is 2.31 bits per heavy atom. The Hall–Kier alpha value is -0.270. The van der Waals surface area contributed by atoms with E-state index in [0.29, 0.717) is 13.2 Å². The first kappa shape index (κ1) is 9.29. The minimum absolute atomic E-state index is 0.105. The fourth-order valence-electron chi connectivity index (χ4n) is 1.66. The molecule has 0 bridgehead atoms. The highest BCUT2D eigenvalue weighted by Crippen LogP contribution is 2.44. The molecule has 4 nitrogen and oxygen atoms in total. The third-order valence-corrected chi connectivity index (χ3v) is 3.56. The van der Waals surface area contributed by atoms with E-state index in [1.165, 1.54) is 0 Å². The number of ether oxygens (including phenoxy) is 1. The van der Waals surface area contributed by atoms with E-state index in [-0.39, 0.29) is 17.9 Å². The number of halogens is 2. The maximum atomic E-state index is 11.9. The van der Waals surface area contributed by atoms with E-state index in [1.807, 2.05) is 4.72 Å². The largest absolute Gasteiger partial charge is 0.381 e. The van der Waals surface area contributed by atoms with Crippen LogP contribution in [-0.4, -0.2) is 33.4 Å². The van der Waals surface area contributed by atoms with Crippen LogP contribution in [0.1, 0.15) is 0 Å². The van der Waals surface area contributed by atoms with Crippen molar-refractivity contribution in [3.05, 3.63) is 0 Å². The fourth-order valence-corrected chi connectivity index (χ4v) is 2.49. The predicted octanol–water partition coefficient (Wildman–Crippen LogP) is -0.227. The van der Waals surface area contributed by atoms with Crippen molar-refractivity contribution >= 4 is 10.0 Å². The van der Waals surface area contributed by atoms with Gasteiger partial charge < -0.3 is 4.74 Å². The summed E-state index contributed by atoms with van der Waals surface area (Å²) in [5, 5.41) is 0. The number of sulfonamides is 1. The summed E-state index contributed by atoms with van der Waals surface area (Å²) < 4.78 is 52.2. The van der Waals surface area contributed by atoms with E-state index in [9.17, 15) is 17.2 Å². The van der Waals surface area contributed by atoms with Gasteiger partial charge in [0.25, 0.3) is 10.0 Å². The van der Waals surface area contributed by atoms with Gasteiger partial charge in [0.1, 0.15) is 0 Å². The first-order valence-electron chi connectivity index (χ1n) is 3.89. The van der Waals surface area contributed by atoms with Crippen LogP contribution in [0, 0.1) is 11.8 Å². The maximum Gasteiger partial charge on any atom is 0.350 e. The van der Waals surface area contributed by atoms with Crippen LogP contribution in [-0.2, 0) is 14.8 Å². The summed E-state index contributed by atoms with van der Waals surface area (Å²) >= 11 is 0. The molecule has 0 aromatic rings. The van der Waals surface area contributed by atoms with Gasteiger partial charge in [0.05, 0.1) is 13.2 Å². The summed E-state index contributed by atoms with van der Waals surface area (Å²) in [6.45, 7) is 0.947. The van der Waals surface area contributed by atoms with Crippen molar-refractivity contribution in [1.82, 2.24) is 4.72 Å². The molecule has 1 N–H and O–H groups in total. The highest BCUT2D eigenvalue weighted by Gasteiger charge is 2.56. The highest BCUT2D eigenvalue weighted by atomic mass is 32.2. The first-order valence-corrected chi connectivity index (χ1v) is 5.44. The van der Waals surface area contributed by atoms with Crippen LogP contribution in [0.4, 0.5) is 8.78 Å². The molecule has 0 aromatic carbocycles. The summed E-state index contributed by atoms with van der Waals surface area (Å²) in [4.78, 5) is 0. The summed E-state index contributed by atoms with van der Waals surface area (Å²) in [5.74, 6) is -3.13. The predicted molar refractivity (Wildman–Crippen MR) is 39.6 cm³/mol. The van der Waals surface area contributed by atoms with E-state index in [1.54, 1.807) is 0 Å². The fraction of sp³-hybridized carbons (Fsp3) is 1.00. The van der Waals surface area contributed by atoms with Crippen LogP contribution >= 0.6 is 0 Å². The van der Waals surface area contributed by atoms with Crippen molar-refractivity contribution in [2.24, 2.45) is 11.8 Å². The van der Waals surface area contributed by atoms with Gasteiger partial charge >= 0.3 is 5.76 Å². The molecule has 2 atom stereocenters. The zero-order valence-corrected chi connectivity index (χ0v) is 7.43. The quantitative estimate of drug-likeness (QED) is 0.704. The zero-order chi connectivity index (χ0) is 9.64. The molecule has 2 rings (SSSR count). The van der Waals surface area contributed by atoms with Gasteiger partial charge in [-0.15, -0.1) is 0 Å². The normalized spacial score (nSPS) is 37.9. The molecule has 0 radical (unpaired) electrons. The van der Waals surface area contributed by atoms with Crippen molar-refractivity contribution in [1.29, 1.82) is 0 Å². The number of hydrogen-bond donors (Lipinski definition) is 1. The van der Waals surface area contributed by atoms with Crippen LogP contribution in [0.15, 0.2) is 0 Å². The van der Waals surface area contributed by atoms with E-state index in [2.05, 4.69) is 0 Å². The molecule has 76 valence electrons. The Labute approximate surface area is 74.3 Å². The lowest BCUT2D eigenvalue weighted by Gasteiger charge is -2.06. The lowest BCUT2D eigenvalue weighted by molar-refractivity contribution is 0.158. The number of fused-ring (bicyclic) bond motifs is 1. The minimum Gasteiger partial charge on any atom is -0.381 e. The third kappa shape index (κ3) is 1.55. The molecule has 1 aliphatic carbocycles. The van der Waals surface area contributed by atoms with Crippen LogP contribution < -0.4 is 4.72 Å². The van der Waals surface area contributed by atoms with E-state index in [4.69, 9.17) is 4.74 Å². The summed E-state index contributed by atoms with van der Waals surface area (Å²) in [6.07, 6.45) is 0. The molecular weight excluding hydrogens is 204 g/mol. The molecule has 7 heteroatoms. The second kappa shape index (κ2) is 2.86. The van der Waals surface area contributed by atoms with Gasteiger partial charge in [-0.1, -0.05) is 0 Å². The van der Waals surface area contributed by atoms with Crippen molar-refractivity contribution < 1.29 is 21.9 Å². The van der Waals surface area contributed by atoms with Crippen molar-refractivity contribution in [2.45, 2.75) is 11.8 Å². The van der Waals surface area contributed by atoms with Crippen LogP contribution in [0.5, 0.6) is 0 Å². The molecule has 13 heavy (non-hydrogen) atoms. The van der Waals surface area contributed by atoms with Gasteiger partial charge in [0.2, 0.25) is 0 Å². The Morgan fingerprint density at radius 1 is 1.31 bits per heavy atom. The topological polar surface area (TPSA) is 55.4 Å². The molecule has 0 amide bonds. The standard InChI is InChI=1S/C6H9F2NO3S/c7-6(8)13(10,11)9-5-3-1-12-2-4(3)5/h3-6,9H,1-2H2/t3-,4-/m0/s1. The van der Waals surface area contributed by atoms with Crippen molar-refractivity contribution in [3.8, 4) is 0 Å². The van der Waals surface area contributed by atoms with Crippen LogP contribution in [0.3, 0.4) is 0 Å². The molecule has 1 aliphatic heterocycles. The molecule has 1 saturated heterocycles. The van der Waals surface area contributed by atoms with E-state index < -0.39 is 15.8 Å². The molecular formula is C6H9F2NO3S. The van der Waals surface area contributed by atoms with Gasteiger partial charge in [-0.25, -0.2) is 13.1 Å².